The Labute approximate surface area is 368 Å². The van der Waals surface area contributed by atoms with Crippen LogP contribution in [0.25, 0.3) is 10.8 Å². The number of ketones is 1. The number of phenolic OH excluding ortho intramolecular Hbond substituents is 3. The first-order chi connectivity index (χ1) is 29.8. The van der Waals surface area contributed by atoms with Crippen molar-refractivity contribution in [3.63, 3.8) is 0 Å². The highest BCUT2D eigenvalue weighted by molar-refractivity contribution is 6.23. The molecule has 1 saturated heterocycles. The van der Waals surface area contributed by atoms with Crippen LogP contribution < -0.4 is 10.1 Å². The second kappa shape index (κ2) is 19.3. The fraction of sp³-hybridized carbons (Fsp3) is 0.574. The Balaban J connectivity index is 1.47. The number of nitrogens with zero attached hydrogens (tertiary/aromatic N) is 3. The number of phenols is 3. The van der Waals surface area contributed by atoms with Crippen molar-refractivity contribution in [1.29, 1.82) is 0 Å². The van der Waals surface area contributed by atoms with Gasteiger partial charge in [-0.1, -0.05) is 58.8 Å². The van der Waals surface area contributed by atoms with Crippen LogP contribution in [0.5, 0.6) is 23.0 Å². The molecule has 0 radical (unpaired) electrons. The highest BCUT2D eigenvalue weighted by atomic mass is 16.7. The molecule has 16 nitrogen and oxygen atoms in total. The van der Waals surface area contributed by atoms with Crippen LogP contribution in [0.2, 0.25) is 0 Å². The normalized spacial score (nSPS) is 30.5. The molecular weight excluding hydrogens is 813 g/mol. The number of esters is 1. The molecule has 2 aromatic carbocycles. The molecule has 1 saturated carbocycles. The Morgan fingerprint density at radius 1 is 0.921 bits per heavy atom. The standard InChI is InChI=1S/C47H64N4O12/c1-24-13-12-14-25(2)46(59)49-37-32(23-48-51-20-18-50(19-21-51)31-15-10-11-16-31)41(56)34-35(42(37)57)40(55)29(6)44-36(34)45(58)47(8,63-44)61-22-17-33(60-9)26(3)43(62-30(7)52)28(5)39(54)27(4)38(24)53/h12-14,17,22-24,26-28,31,33,38-39,43,53-57H,10-11,15-16,18-21H2,1-9H3,(H,49,59)/t24-,26-,27+,28+,33-,38-,39+,43+,47-/m0/s1. The summed E-state index contributed by atoms with van der Waals surface area (Å²) in [5, 5.41) is 67.6. The van der Waals surface area contributed by atoms with Gasteiger partial charge in [0.05, 0.1) is 53.0 Å². The number of hydrogen-bond acceptors (Lipinski definition) is 15. The van der Waals surface area contributed by atoms with Crippen LogP contribution in [0.4, 0.5) is 5.69 Å². The summed E-state index contributed by atoms with van der Waals surface area (Å²) in [4.78, 5) is 43.2. The number of fused-ring (bicyclic) bond motifs is 14. The second-order valence-electron chi connectivity index (χ2n) is 17.8. The van der Waals surface area contributed by atoms with E-state index in [1.54, 1.807) is 39.8 Å². The molecule has 5 bridgehead atoms. The number of methoxy groups -OCH3 is 1. The summed E-state index contributed by atoms with van der Waals surface area (Å²) >= 11 is 0. The van der Waals surface area contributed by atoms with Gasteiger partial charge in [0, 0.05) is 93.4 Å². The first-order valence-corrected chi connectivity index (χ1v) is 21.9. The van der Waals surface area contributed by atoms with Crippen LogP contribution in [-0.2, 0) is 23.8 Å². The number of anilines is 1. The van der Waals surface area contributed by atoms with Crippen LogP contribution >= 0.6 is 0 Å². The largest absolute Gasteiger partial charge is 0.507 e. The maximum absolute atomic E-state index is 14.5. The average molecular weight is 877 g/mol. The van der Waals surface area contributed by atoms with Gasteiger partial charge in [0.25, 0.3) is 11.7 Å². The second-order valence-corrected chi connectivity index (χ2v) is 17.8. The Bertz CT molecular complexity index is 2190. The van der Waals surface area contributed by atoms with Gasteiger partial charge < -0.3 is 49.8 Å². The number of hydrogen-bond donors (Lipinski definition) is 6. The van der Waals surface area contributed by atoms with E-state index in [1.165, 1.54) is 85.1 Å². The number of aliphatic hydroxyl groups excluding tert-OH is 2. The van der Waals surface area contributed by atoms with Crippen molar-refractivity contribution in [2.75, 3.05) is 38.6 Å². The number of carbonyl (C=O) groups is 3. The molecular formula is C47H64N4O12. The van der Waals surface area contributed by atoms with Gasteiger partial charge in [0.15, 0.2) is 5.75 Å². The predicted octanol–water partition coefficient (Wildman–Crippen LogP) is 5.65. The summed E-state index contributed by atoms with van der Waals surface area (Å²) < 4.78 is 23.7. The molecule has 4 heterocycles. The molecule has 5 aliphatic rings. The lowest BCUT2D eigenvalue weighted by molar-refractivity contribution is -0.160. The van der Waals surface area contributed by atoms with E-state index in [9.17, 15) is 39.9 Å². The monoisotopic (exact) mass is 876 g/mol. The van der Waals surface area contributed by atoms with Crippen molar-refractivity contribution < 1.29 is 58.9 Å². The molecule has 63 heavy (non-hydrogen) atoms. The van der Waals surface area contributed by atoms with Crippen molar-refractivity contribution in [3.05, 3.63) is 52.8 Å². The number of Topliss-reactive ketones (excluding diaryl/α,β-unsaturated/α-hetero) is 1. The molecule has 2 fully saturated rings. The lowest BCUT2D eigenvalue weighted by Gasteiger charge is -2.38. The van der Waals surface area contributed by atoms with Crippen LogP contribution in [0.3, 0.4) is 0 Å². The van der Waals surface area contributed by atoms with E-state index in [0.717, 1.165) is 13.1 Å². The molecule has 4 aliphatic heterocycles. The molecule has 344 valence electrons. The Hall–Kier alpha value is -5.16. The fourth-order valence-electron chi connectivity index (χ4n) is 9.47. The van der Waals surface area contributed by atoms with Gasteiger partial charge in [0.2, 0.25) is 0 Å². The summed E-state index contributed by atoms with van der Waals surface area (Å²) in [6.07, 6.45) is 9.75. The summed E-state index contributed by atoms with van der Waals surface area (Å²) in [5.41, 5.74) is -0.293. The number of nitrogens with one attached hydrogen (secondary N) is 1. The van der Waals surface area contributed by atoms with E-state index in [2.05, 4.69) is 15.3 Å². The third kappa shape index (κ3) is 9.40. The molecule has 0 spiro atoms. The van der Waals surface area contributed by atoms with Gasteiger partial charge in [-0.05, 0) is 32.8 Å². The molecule has 1 amide bonds. The Kier molecular flexibility index (Phi) is 14.5. The summed E-state index contributed by atoms with van der Waals surface area (Å²) in [6.45, 7) is 15.4. The topological polar surface area (TPSA) is 220 Å². The fourth-order valence-corrected chi connectivity index (χ4v) is 9.47. The third-order valence-electron chi connectivity index (χ3n) is 13.5. The number of allylic oxidation sites excluding steroid dienone is 2. The summed E-state index contributed by atoms with van der Waals surface area (Å²) in [6, 6.07) is 0.553. The maximum Gasteiger partial charge on any atom is 0.312 e. The summed E-state index contributed by atoms with van der Waals surface area (Å²) in [5.74, 6) is -8.28. The van der Waals surface area contributed by atoms with Crippen molar-refractivity contribution >= 4 is 40.3 Å². The first kappa shape index (κ1) is 47.3. The molecule has 16 heteroatoms. The number of hydrazone groups is 1. The van der Waals surface area contributed by atoms with Crippen molar-refractivity contribution in [3.8, 4) is 23.0 Å². The van der Waals surface area contributed by atoms with Gasteiger partial charge in [0.1, 0.15) is 23.4 Å². The van der Waals surface area contributed by atoms with Crippen LogP contribution in [0.1, 0.15) is 95.6 Å². The Morgan fingerprint density at radius 3 is 2.22 bits per heavy atom. The van der Waals surface area contributed by atoms with Gasteiger partial charge in [-0.3, -0.25) is 24.3 Å². The number of amides is 1. The zero-order valence-electron chi connectivity index (χ0n) is 37.8. The van der Waals surface area contributed by atoms with Crippen molar-refractivity contribution in [1.82, 2.24) is 9.91 Å². The van der Waals surface area contributed by atoms with E-state index < -0.39 is 88.8 Å². The third-order valence-corrected chi connectivity index (χ3v) is 13.5. The van der Waals surface area contributed by atoms with E-state index in [-0.39, 0.29) is 44.5 Å². The van der Waals surface area contributed by atoms with Crippen LogP contribution in [-0.4, -0.2) is 129 Å². The number of carbonyl (C=O) groups excluding carboxylic acids is 3. The number of piperazine rings is 1. The lowest BCUT2D eigenvalue weighted by atomic mass is 9.78. The SMILES string of the molecule is CO[C@H]1C=CO[C@@]2(C)Oc3c(C)c(O)c4c(O)c(c(C=NN5CCN(C6CCCC6)CC5)c(O)c4c3C2=O)NC(=O)C(C)=CC=C[C@H](C)[C@H](O)[C@@H](C)[C@@H](O)[C@@H](C)[C@H](OC(C)=O)[C@H]1C. The quantitative estimate of drug-likeness (QED) is 0.0926. The number of benzene rings is 2. The first-order valence-electron chi connectivity index (χ1n) is 21.9. The van der Waals surface area contributed by atoms with E-state index in [1.807, 2.05) is 5.01 Å². The molecule has 6 N–H and O–H groups in total. The lowest BCUT2D eigenvalue weighted by Crippen LogP contribution is -2.47. The predicted molar refractivity (Wildman–Crippen MR) is 237 cm³/mol. The van der Waals surface area contributed by atoms with Crippen LogP contribution in [0, 0.1) is 30.6 Å². The molecule has 0 unspecified atom stereocenters. The molecule has 2 aromatic rings. The van der Waals surface area contributed by atoms with E-state index >= 15 is 0 Å². The number of aliphatic hydroxyl groups is 2. The number of rotatable bonds is 5. The summed E-state index contributed by atoms with van der Waals surface area (Å²) in [7, 11) is 1.44. The average Bonchev–Trinajstić information content (AvgIpc) is 3.89. The number of aromatic hydroxyl groups is 3. The molecule has 9 atom stereocenters. The smallest absolute Gasteiger partial charge is 0.312 e. The van der Waals surface area contributed by atoms with Gasteiger partial charge in [-0.15, -0.1) is 0 Å². The molecule has 7 rings (SSSR count). The van der Waals surface area contributed by atoms with E-state index in [0.29, 0.717) is 19.1 Å². The van der Waals surface area contributed by atoms with E-state index in [4.69, 9.17) is 18.9 Å². The minimum atomic E-state index is -2.04. The highest BCUT2D eigenvalue weighted by Crippen LogP contribution is 2.55. The van der Waals surface area contributed by atoms with Crippen molar-refractivity contribution in [2.24, 2.45) is 28.8 Å². The zero-order chi connectivity index (χ0) is 46.1. The van der Waals surface area contributed by atoms with Gasteiger partial charge in [-0.2, -0.15) is 5.10 Å². The Morgan fingerprint density at radius 2 is 1.59 bits per heavy atom. The maximum atomic E-state index is 14.5. The van der Waals surface area contributed by atoms with Crippen LogP contribution in [0.15, 0.2) is 41.2 Å². The van der Waals surface area contributed by atoms with Crippen molar-refractivity contribution in [2.45, 2.75) is 117 Å². The molecule has 0 aromatic heterocycles. The molecule has 1 aliphatic carbocycles. The van der Waals surface area contributed by atoms with Gasteiger partial charge >= 0.3 is 11.8 Å². The highest BCUT2D eigenvalue weighted by Gasteiger charge is 2.50. The minimum Gasteiger partial charge on any atom is -0.507 e. The zero-order valence-corrected chi connectivity index (χ0v) is 37.8. The number of ether oxygens (including phenoxy) is 4. The van der Waals surface area contributed by atoms with Gasteiger partial charge in [-0.25, -0.2) is 0 Å². The minimum absolute atomic E-state index is 0.0631.